The van der Waals surface area contributed by atoms with Crippen molar-refractivity contribution in [3.63, 3.8) is 0 Å². The molecule has 0 heterocycles. The molecule has 1 rings (SSSR count). The highest BCUT2D eigenvalue weighted by Crippen LogP contribution is 2.25. The van der Waals surface area contributed by atoms with E-state index in [1.54, 1.807) is 6.07 Å². The highest BCUT2D eigenvalue weighted by atomic mass is 16.3. The molecule has 0 aliphatic rings. The van der Waals surface area contributed by atoms with Gasteiger partial charge < -0.3 is 20.4 Å². The van der Waals surface area contributed by atoms with Crippen LogP contribution in [0.25, 0.3) is 0 Å². The molecular formula is C12H20N2O4. The van der Waals surface area contributed by atoms with Gasteiger partial charge in [-0.05, 0) is 17.7 Å². The third-order valence-corrected chi connectivity index (χ3v) is 2.65. The minimum absolute atomic E-state index is 0.00513. The van der Waals surface area contributed by atoms with Crippen molar-refractivity contribution in [1.29, 1.82) is 0 Å². The Morgan fingerprint density at radius 3 is 2.11 bits per heavy atom. The standard InChI is InChI=1S/C12H20N2O4/c1-13(14(4-6-15)5-7-16)9-10-2-3-11(17)12(18)8-10/h2-3,8,15-18H,4-7,9H2,1H3. The number of hydrogen-bond acceptors (Lipinski definition) is 6. The van der Waals surface area contributed by atoms with Gasteiger partial charge in [-0.1, -0.05) is 6.07 Å². The van der Waals surface area contributed by atoms with Gasteiger partial charge in [-0.25, -0.2) is 10.0 Å². The second-order valence-corrected chi connectivity index (χ2v) is 4.04. The molecule has 102 valence electrons. The van der Waals surface area contributed by atoms with Crippen LogP contribution in [-0.4, -0.2) is 63.8 Å². The second-order valence-electron chi connectivity index (χ2n) is 4.04. The minimum atomic E-state index is -0.156. The van der Waals surface area contributed by atoms with Crippen LogP contribution in [0.2, 0.25) is 0 Å². The quantitative estimate of drug-likeness (QED) is 0.397. The molecule has 0 aromatic heterocycles. The van der Waals surface area contributed by atoms with Crippen LogP contribution >= 0.6 is 0 Å². The van der Waals surface area contributed by atoms with Crippen LogP contribution in [0.4, 0.5) is 0 Å². The number of phenolic OH excluding ortho intramolecular Hbond substituents is 2. The van der Waals surface area contributed by atoms with Crippen molar-refractivity contribution in [2.45, 2.75) is 6.54 Å². The normalized spacial score (nSPS) is 11.4. The van der Waals surface area contributed by atoms with Crippen LogP contribution in [0.1, 0.15) is 5.56 Å². The fourth-order valence-electron chi connectivity index (χ4n) is 1.72. The van der Waals surface area contributed by atoms with E-state index in [1.807, 2.05) is 17.1 Å². The van der Waals surface area contributed by atoms with E-state index in [1.165, 1.54) is 12.1 Å². The SMILES string of the molecule is CN(Cc1ccc(O)c(O)c1)N(CCO)CCO. The predicted octanol–water partition coefficient (Wildman–Crippen LogP) is -0.269. The summed E-state index contributed by atoms with van der Waals surface area (Å²) in [5, 5.41) is 40.1. The summed E-state index contributed by atoms with van der Waals surface area (Å²) >= 11 is 0. The average Bonchev–Trinajstić information content (AvgIpc) is 2.33. The maximum Gasteiger partial charge on any atom is 0.157 e. The molecule has 0 aliphatic heterocycles. The maximum absolute atomic E-state index is 9.40. The van der Waals surface area contributed by atoms with E-state index < -0.39 is 0 Å². The molecule has 1 aromatic rings. The van der Waals surface area contributed by atoms with Crippen LogP contribution in [0, 0.1) is 0 Å². The molecular weight excluding hydrogens is 236 g/mol. The molecule has 6 heteroatoms. The Morgan fingerprint density at radius 2 is 1.61 bits per heavy atom. The molecule has 0 saturated heterocycles. The summed E-state index contributed by atoms with van der Waals surface area (Å²) in [5.74, 6) is -0.305. The van der Waals surface area contributed by atoms with E-state index in [0.29, 0.717) is 19.6 Å². The molecule has 0 fully saturated rings. The summed E-state index contributed by atoms with van der Waals surface area (Å²) in [6.45, 7) is 1.38. The number of aliphatic hydroxyl groups is 2. The molecule has 18 heavy (non-hydrogen) atoms. The van der Waals surface area contributed by atoms with Crippen molar-refractivity contribution < 1.29 is 20.4 Å². The van der Waals surface area contributed by atoms with Crippen LogP contribution in [0.5, 0.6) is 11.5 Å². The van der Waals surface area contributed by atoms with Gasteiger partial charge in [-0.15, -0.1) is 0 Å². The van der Waals surface area contributed by atoms with Gasteiger partial charge in [-0.3, -0.25) is 0 Å². The first-order valence-corrected chi connectivity index (χ1v) is 5.77. The summed E-state index contributed by atoms with van der Waals surface area (Å²) in [7, 11) is 1.83. The zero-order valence-electron chi connectivity index (χ0n) is 10.5. The number of nitrogens with zero attached hydrogens (tertiary/aromatic N) is 2. The molecule has 0 spiro atoms. The summed E-state index contributed by atoms with van der Waals surface area (Å²) in [6, 6.07) is 4.63. The Kier molecular flexibility index (Phi) is 5.87. The average molecular weight is 256 g/mol. The Bertz CT molecular complexity index is 367. The summed E-state index contributed by atoms with van der Waals surface area (Å²) in [6.07, 6.45) is 0. The Labute approximate surface area is 106 Å². The van der Waals surface area contributed by atoms with Crippen LogP contribution in [-0.2, 0) is 6.54 Å². The lowest BCUT2D eigenvalue weighted by atomic mass is 10.2. The lowest BCUT2D eigenvalue weighted by Gasteiger charge is -2.31. The van der Waals surface area contributed by atoms with Crippen molar-refractivity contribution in [3.8, 4) is 11.5 Å². The zero-order valence-corrected chi connectivity index (χ0v) is 10.5. The third-order valence-electron chi connectivity index (χ3n) is 2.65. The van der Waals surface area contributed by atoms with Crippen molar-refractivity contribution in [3.05, 3.63) is 23.8 Å². The summed E-state index contributed by atoms with van der Waals surface area (Å²) in [4.78, 5) is 0. The summed E-state index contributed by atoms with van der Waals surface area (Å²) < 4.78 is 0. The van der Waals surface area contributed by atoms with Crippen LogP contribution in [0.15, 0.2) is 18.2 Å². The predicted molar refractivity (Wildman–Crippen MR) is 67.0 cm³/mol. The summed E-state index contributed by atoms with van der Waals surface area (Å²) in [5.41, 5.74) is 0.827. The Morgan fingerprint density at radius 1 is 1.00 bits per heavy atom. The van der Waals surface area contributed by atoms with Gasteiger partial charge in [0.15, 0.2) is 11.5 Å². The molecule has 0 amide bonds. The van der Waals surface area contributed by atoms with Crippen LogP contribution < -0.4 is 0 Å². The molecule has 0 saturated carbocycles. The van der Waals surface area contributed by atoms with Gasteiger partial charge in [0.25, 0.3) is 0 Å². The number of hydrogen-bond donors (Lipinski definition) is 4. The monoisotopic (exact) mass is 256 g/mol. The smallest absolute Gasteiger partial charge is 0.157 e. The van der Waals surface area contributed by atoms with E-state index in [4.69, 9.17) is 10.2 Å². The van der Waals surface area contributed by atoms with E-state index in [9.17, 15) is 10.2 Å². The third kappa shape index (κ3) is 4.15. The molecule has 0 atom stereocenters. The maximum atomic E-state index is 9.40. The highest BCUT2D eigenvalue weighted by molar-refractivity contribution is 5.40. The number of phenols is 2. The van der Waals surface area contributed by atoms with Crippen molar-refractivity contribution in [2.75, 3.05) is 33.4 Å². The number of rotatable bonds is 7. The zero-order chi connectivity index (χ0) is 13.5. The van der Waals surface area contributed by atoms with Gasteiger partial charge in [0.05, 0.1) is 13.2 Å². The van der Waals surface area contributed by atoms with Crippen molar-refractivity contribution in [2.24, 2.45) is 0 Å². The molecule has 0 bridgehead atoms. The molecule has 6 nitrogen and oxygen atoms in total. The molecule has 0 radical (unpaired) electrons. The number of aliphatic hydroxyl groups excluding tert-OH is 2. The fraction of sp³-hybridized carbons (Fsp3) is 0.500. The van der Waals surface area contributed by atoms with E-state index >= 15 is 0 Å². The van der Waals surface area contributed by atoms with E-state index in [2.05, 4.69) is 0 Å². The van der Waals surface area contributed by atoms with Gasteiger partial charge >= 0.3 is 0 Å². The van der Waals surface area contributed by atoms with Gasteiger partial charge in [0.1, 0.15) is 0 Å². The molecule has 1 aromatic carbocycles. The Hall–Kier alpha value is -1.34. The van der Waals surface area contributed by atoms with Crippen LogP contribution in [0.3, 0.4) is 0 Å². The molecule has 0 unspecified atom stereocenters. The Balaban J connectivity index is 2.66. The first kappa shape index (κ1) is 14.7. The van der Waals surface area contributed by atoms with Gasteiger partial charge in [0, 0.05) is 26.7 Å². The highest BCUT2D eigenvalue weighted by Gasteiger charge is 2.11. The second kappa shape index (κ2) is 7.17. The molecule has 0 aliphatic carbocycles. The first-order valence-electron chi connectivity index (χ1n) is 5.77. The minimum Gasteiger partial charge on any atom is -0.504 e. The first-order chi connectivity index (χ1) is 8.58. The lowest BCUT2D eigenvalue weighted by Crippen LogP contribution is -2.42. The van der Waals surface area contributed by atoms with Crippen molar-refractivity contribution >= 4 is 0 Å². The van der Waals surface area contributed by atoms with Crippen molar-refractivity contribution in [1.82, 2.24) is 10.0 Å². The number of benzene rings is 1. The van der Waals surface area contributed by atoms with Gasteiger partial charge in [0.2, 0.25) is 0 Å². The topological polar surface area (TPSA) is 87.4 Å². The lowest BCUT2D eigenvalue weighted by molar-refractivity contribution is -0.0303. The largest absolute Gasteiger partial charge is 0.504 e. The van der Waals surface area contributed by atoms with E-state index in [0.717, 1.165) is 5.56 Å². The van der Waals surface area contributed by atoms with Gasteiger partial charge in [-0.2, -0.15) is 0 Å². The van der Waals surface area contributed by atoms with E-state index in [-0.39, 0.29) is 24.7 Å². The number of aromatic hydroxyl groups is 2. The number of hydrazine groups is 1. The fourth-order valence-corrected chi connectivity index (χ4v) is 1.72. The molecule has 4 N–H and O–H groups in total.